The molecule has 0 aromatic heterocycles. The summed E-state index contributed by atoms with van der Waals surface area (Å²) in [7, 11) is 0. The number of Topliss-reactive ketones (excluding diaryl/α,β-unsaturated/α-hetero) is 1. The molecule has 4 heteroatoms. The van der Waals surface area contributed by atoms with Crippen LogP contribution < -0.4 is 5.32 Å². The second-order valence-corrected chi connectivity index (χ2v) is 3.40. The second-order valence-electron chi connectivity index (χ2n) is 3.40. The van der Waals surface area contributed by atoms with Gasteiger partial charge in [0.05, 0.1) is 12.1 Å². The molecule has 0 amide bonds. The number of aryl methyl sites for hydroxylation is 1. The second kappa shape index (κ2) is 5.51. The average Bonchev–Trinajstić information content (AvgIpc) is 2.24. The fourth-order valence-electron chi connectivity index (χ4n) is 1.29. The molecular weight excluding hydrogens is 212 g/mol. The Hall–Kier alpha value is -1.55. The minimum atomic E-state index is -0.825. The van der Waals surface area contributed by atoms with Crippen LogP contribution in [0.2, 0.25) is 0 Å². The fraction of sp³-hybridized carbons (Fsp3) is 0.250. The molecular formula is C12H13F2NO. The Balaban J connectivity index is 2.90. The quantitative estimate of drug-likeness (QED) is 0.473. The lowest BCUT2D eigenvalue weighted by Gasteiger charge is -2.06. The predicted molar refractivity (Wildman–Crippen MR) is 58.5 cm³/mol. The maximum atomic E-state index is 13.5. The van der Waals surface area contributed by atoms with Crippen molar-refractivity contribution in [2.24, 2.45) is 0 Å². The maximum Gasteiger partial charge on any atom is 0.182 e. The van der Waals surface area contributed by atoms with Crippen LogP contribution in [-0.4, -0.2) is 18.9 Å². The molecule has 0 bridgehead atoms. The van der Waals surface area contributed by atoms with Crippen LogP contribution in [0, 0.1) is 18.6 Å². The first-order valence-corrected chi connectivity index (χ1v) is 4.87. The van der Waals surface area contributed by atoms with Crippen LogP contribution in [0.15, 0.2) is 24.8 Å². The Kier molecular flexibility index (Phi) is 4.31. The number of rotatable bonds is 5. The number of nitrogens with one attached hydrogen (secondary N) is 1. The summed E-state index contributed by atoms with van der Waals surface area (Å²) in [6.45, 7) is 5.26. The molecule has 0 radical (unpaired) electrons. The SMILES string of the molecule is C=CCNCC(=O)c1c(F)ccc(C)c1F. The molecule has 0 aliphatic rings. The monoisotopic (exact) mass is 225 g/mol. The molecule has 0 spiro atoms. The Morgan fingerprint density at radius 1 is 1.50 bits per heavy atom. The predicted octanol–water partition coefficient (Wildman–Crippen LogP) is 2.23. The van der Waals surface area contributed by atoms with Crippen LogP contribution in [-0.2, 0) is 0 Å². The molecule has 0 atom stereocenters. The smallest absolute Gasteiger partial charge is 0.182 e. The van der Waals surface area contributed by atoms with Gasteiger partial charge in [0.2, 0.25) is 0 Å². The molecule has 1 rings (SSSR count). The van der Waals surface area contributed by atoms with E-state index in [0.717, 1.165) is 6.07 Å². The average molecular weight is 225 g/mol. The van der Waals surface area contributed by atoms with E-state index in [1.54, 1.807) is 6.08 Å². The lowest BCUT2D eigenvalue weighted by atomic mass is 10.1. The van der Waals surface area contributed by atoms with Gasteiger partial charge in [0.1, 0.15) is 11.6 Å². The van der Waals surface area contributed by atoms with Crippen molar-refractivity contribution in [2.75, 3.05) is 13.1 Å². The van der Waals surface area contributed by atoms with Crippen molar-refractivity contribution < 1.29 is 13.6 Å². The molecule has 2 nitrogen and oxygen atoms in total. The molecule has 16 heavy (non-hydrogen) atoms. The summed E-state index contributed by atoms with van der Waals surface area (Å²) >= 11 is 0. The standard InChI is InChI=1S/C12H13F2NO/c1-3-6-15-7-10(16)11-9(13)5-4-8(2)12(11)14/h3-5,15H,1,6-7H2,2H3. The number of benzene rings is 1. The van der Waals surface area contributed by atoms with Gasteiger partial charge in [-0.05, 0) is 18.6 Å². The van der Waals surface area contributed by atoms with Crippen LogP contribution in [0.25, 0.3) is 0 Å². The van der Waals surface area contributed by atoms with Gasteiger partial charge in [-0.25, -0.2) is 8.78 Å². The highest BCUT2D eigenvalue weighted by Crippen LogP contribution is 2.16. The third-order valence-electron chi connectivity index (χ3n) is 2.14. The number of carbonyl (C=O) groups excluding carboxylic acids is 1. The first-order valence-electron chi connectivity index (χ1n) is 4.87. The van der Waals surface area contributed by atoms with Crippen LogP contribution in [0.4, 0.5) is 8.78 Å². The Morgan fingerprint density at radius 3 is 2.81 bits per heavy atom. The van der Waals surface area contributed by atoms with E-state index in [1.165, 1.54) is 13.0 Å². The van der Waals surface area contributed by atoms with E-state index >= 15 is 0 Å². The number of hydrogen-bond donors (Lipinski definition) is 1. The van der Waals surface area contributed by atoms with Gasteiger partial charge < -0.3 is 5.32 Å². The molecule has 86 valence electrons. The minimum Gasteiger partial charge on any atom is -0.306 e. The van der Waals surface area contributed by atoms with Gasteiger partial charge in [-0.2, -0.15) is 0 Å². The lowest BCUT2D eigenvalue weighted by molar-refractivity contribution is 0.0984. The van der Waals surface area contributed by atoms with E-state index in [1.807, 2.05) is 0 Å². The largest absolute Gasteiger partial charge is 0.306 e. The molecule has 1 aromatic rings. The zero-order valence-corrected chi connectivity index (χ0v) is 9.02. The molecule has 1 N–H and O–H groups in total. The summed E-state index contributed by atoms with van der Waals surface area (Å²) in [6.07, 6.45) is 1.57. The minimum absolute atomic E-state index is 0.108. The first-order chi connectivity index (χ1) is 7.57. The Bertz CT molecular complexity index is 416. The summed E-state index contributed by atoms with van der Waals surface area (Å²) < 4.78 is 26.8. The van der Waals surface area contributed by atoms with E-state index in [-0.39, 0.29) is 12.1 Å². The zero-order chi connectivity index (χ0) is 12.1. The lowest BCUT2D eigenvalue weighted by Crippen LogP contribution is -2.24. The Morgan fingerprint density at radius 2 is 2.19 bits per heavy atom. The zero-order valence-electron chi connectivity index (χ0n) is 9.02. The van der Waals surface area contributed by atoms with E-state index in [4.69, 9.17) is 0 Å². The van der Waals surface area contributed by atoms with Gasteiger partial charge in [0, 0.05) is 6.54 Å². The molecule has 0 heterocycles. The van der Waals surface area contributed by atoms with Crippen molar-refractivity contribution in [2.45, 2.75) is 6.92 Å². The highest BCUT2D eigenvalue weighted by molar-refractivity contribution is 5.98. The van der Waals surface area contributed by atoms with Gasteiger partial charge >= 0.3 is 0 Å². The highest BCUT2D eigenvalue weighted by atomic mass is 19.1. The molecule has 0 fully saturated rings. The van der Waals surface area contributed by atoms with Crippen LogP contribution in [0.5, 0.6) is 0 Å². The van der Waals surface area contributed by atoms with Crippen molar-refractivity contribution in [3.8, 4) is 0 Å². The normalized spacial score (nSPS) is 10.2. The van der Waals surface area contributed by atoms with Crippen molar-refractivity contribution >= 4 is 5.78 Å². The van der Waals surface area contributed by atoms with Gasteiger partial charge in [0.15, 0.2) is 5.78 Å². The van der Waals surface area contributed by atoms with Crippen molar-refractivity contribution in [1.29, 1.82) is 0 Å². The molecule has 0 saturated carbocycles. The number of carbonyl (C=O) groups is 1. The van der Waals surface area contributed by atoms with Crippen molar-refractivity contribution in [3.05, 3.63) is 47.5 Å². The molecule has 1 aromatic carbocycles. The highest BCUT2D eigenvalue weighted by Gasteiger charge is 2.18. The van der Waals surface area contributed by atoms with Gasteiger partial charge in [-0.1, -0.05) is 12.1 Å². The number of hydrogen-bond acceptors (Lipinski definition) is 2. The molecule has 0 aliphatic carbocycles. The maximum absolute atomic E-state index is 13.5. The van der Waals surface area contributed by atoms with E-state index in [9.17, 15) is 13.6 Å². The van der Waals surface area contributed by atoms with Gasteiger partial charge in [-0.3, -0.25) is 4.79 Å². The summed E-state index contributed by atoms with van der Waals surface area (Å²) in [4.78, 5) is 11.5. The number of halogens is 2. The van der Waals surface area contributed by atoms with E-state index in [0.29, 0.717) is 6.54 Å². The number of ketones is 1. The van der Waals surface area contributed by atoms with Crippen molar-refractivity contribution in [1.82, 2.24) is 5.32 Å². The third kappa shape index (κ3) is 2.73. The third-order valence-corrected chi connectivity index (χ3v) is 2.14. The Labute approximate surface area is 93.0 Å². The first kappa shape index (κ1) is 12.5. The van der Waals surface area contributed by atoms with Gasteiger partial charge in [-0.15, -0.1) is 6.58 Å². The topological polar surface area (TPSA) is 29.1 Å². The molecule has 0 unspecified atom stereocenters. The van der Waals surface area contributed by atoms with Crippen LogP contribution in [0.1, 0.15) is 15.9 Å². The summed E-state index contributed by atoms with van der Waals surface area (Å²) in [6, 6.07) is 2.40. The van der Waals surface area contributed by atoms with Gasteiger partial charge in [0.25, 0.3) is 0 Å². The summed E-state index contributed by atoms with van der Waals surface area (Å²) in [5, 5.41) is 2.71. The van der Waals surface area contributed by atoms with Crippen LogP contribution >= 0.6 is 0 Å². The summed E-state index contributed by atoms with van der Waals surface area (Å²) in [5.74, 6) is -2.21. The van der Waals surface area contributed by atoms with Crippen LogP contribution in [0.3, 0.4) is 0 Å². The molecule has 0 aliphatic heterocycles. The molecule has 0 saturated heterocycles. The fourth-order valence-corrected chi connectivity index (χ4v) is 1.29. The van der Waals surface area contributed by atoms with Crippen molar-refractivity contribution in [3.63, 3.8) is 0 Å². The summed E-state index contributed by atoms with van der Waals surface area (Å²) in [5.41, 5.74) is -0.218. The van der Waals surface area contributed by atoms with E-state index in [2.05, 4.69) is 11.9 Å². The van der Waals surface area contributed by atoms with E-state index < -0.39 is 23.0 Å².